The SMILES string of the molecule is CC1CCC2(CC1)OC1CC3C4CC(=O)[C@@]5(O)CC(O)CCC5(C)C4CCC3(C)C1[C@@H]2C. The van der Waals surface area contributed by atoms with Crippen LogP contribution >= 0.6 is 0 Å². The van der Waals surface area contributed by atoms with Gasteiger partial charge in [-0.25, -0.2) is 0 Å². The number of carbonyl (C=O) groups excluding carboxylic acids is 1. The number of ketones is 1. The molecule has 1 spiro atoms. The normalized spacial score (nSPS) is 61.8. The Bertz CT molecular complexity index is 801. The molecule has 5 aliphatic carbocycles. The molecule has 2 N–H and O–H groups in total. The second-order valence-corrected chi connectivity index (χ2v) is 13.7. The number of fused-ring (bicyclic) bond motifs is 7. The lowest BCUT2D eigenvalue weighted by molar-refractivity contribution is -0.214. The van der Waals surface area contributed by atoms with Gasteiger partial charge in [-0.2, -0.15) is 0 Å². The molecule has 10 atom stereocenters. The first kappa shape index (κ1) is 22.0. The lowest BCUT2D eigenvalue weighted by atomic mass is 9.42. The van der Waals surface area contributed by atoms with Gasteiger partial charge in [-0.15, -0.1) is 0 Å². The van der Waals surface area contributed by atoms with Crippen LogP contribution in [0.15, 0.2) is 0 Å². The fraction of sp³-hybridized carbons (Fsp3) is 0.964. The summed E-state index contributed by atoms with van der Waals surface area (Å²) in [4.78, 5) is 13.4. The van der Waals surface area contributed by atoms with Crippen molar-refractivity contribution in [3.63, 3.8) is 0 Å². The van der Waals surface area contributed by atoms with Crippen molar-refractivity contribution in [1.82, 2.24) is 0 Å². The lowest BCUT2D eigenvalue weighted by Gasteiger charge is -2.63. The summed E-state index contributed by atoms with van der Waals surface area (Å²) in [6.07, 6.45) is 10.5. The molecule has 180 valence electrons. The van der Waals surface area contributed by atoms with Crippen molar-refractivity contribution in [2.45, 2.75) is 122 Å². The van der Waals surface area contributed by atoms with Crippen LogP contribution in [0.4, 0.5) is 0 Å². The smallest absolute Gasteiger partial charge is 0.165 e. The highest BCUT2D eigenvalue weighted by molar-refractivity contribution is 5.89. The van der Waals surface area contributed by atoms with Gasteiger partial charge in [0.25, 0.3) is 0 Å². The molecule has 1 saturated heterocycles. The van der Waals surface area contributed by atoms with Gasteiger partial charge >= 0.3 is 0 Å². The highest BCUT2D eigenvalue weighted by Crippen LogP contribution is 2.71. The third-order valence-electron chi connectivity index (χ3n) is 12.6. The molecule has 6 aliphatic rings. The van der Waals surface area contributed by atoms with Crippen LogP contribution in [0, 0.1) is 46.3 Å². The number of hydrogen-bond acceptors (Lipinski definition) is 4. The summed E-state index contributed by atoms with van der Waals surface area (Å²) in [7, 11) is 0. The average molecular weight is 445 g/mol. The Labute approximate surface area is 193 Å². The largest absolute Gasteiger partial charge is 0.393 e. The van der Waals surface area contributed by atoms with Gasteiger partial charge in [0, 0.05) is 18.3 Å². The zero-order valence-corrected chi connectivity index (χ0v) is 20.6. The minimum Gasteiger partial charge on any atom is -0.393 e. The Morgan fingerprint density at radius 1 is 0.969 bits per heavy atom. The van der Waals surface area contributed by atoms with E-state index in [0.29, 0.717) is 48.5 Å². The molecular formula is C28H44O4. The van der Waals surface area contributed by atoms with Crippen molar-refractivity contribution < 1.29 is 19.7 Å². The number of carbonyl (C=O) groups is 1. The molecule has 5 saturated carbocycles. The lowest BCUT2D eigenvalue weighted by Crippen LogP contribution is -2.67. The zero-order chi connectivity index (χ0) is 22.7. The Balaban J connectivity index is 1.30. The molecule has 32 heavy (non-hydrogen) atoms. The number of rotatable bonds is 0. The molecule has 4 nitrogen and oxygen atoms in total. The van der Waals surface area contributed by atoms with Crippen molar-refractivity contribution in [1.29, 1.82) is 0 Å². The van der Waals surface area contributed by atoms with Crippen LogP contribution in [-0.2, 0) is 9.53 Å². The molecule has 6 fully saturated rings. The maximum absolute atomic E-state index is 13.4. The van der Waals surface area contributed by atoms with Gasteiger partial charge in [-0.3, -0.25) is 4.79 Å². The Hall–Kier alpha value is -0.450. The fourth-order valence-electron chi connectivity index (χ4n) is 10.6. The zero-order valence-electron chi connectivity index (χ0n) is 20.6. The van der Waals surface area contributed by atoms with Crippen molar-refractivity contribution in [2.24, 2.45) is 46.3 Å². The molecule has 1 heterocycles. The highest BCUT2D eigenvalue weighted by Gasteiger charge is 2.71. The third kappa shape index (κ3) is 2.58. The molecule has 0 aromatic rings. The van der Waals surface area contributed by atoms with E-state index in [2.05, 4.69) is 27.7 Å². The van der Waals surface area contributed by atoms with Crippen molar-refractivity contribution in [3.8, 4) is 0 Å². The summed E-state index contributed by atoms with van der Waals surface area (Å²) >= 11 is 0. The monoisotopic (exact) mass is 444 g/mol. The minimum absolute atomic E-state index is 0.00742. The molecule has 0 aromatic heterocycles. The number of hydrogen-bond donors (Lipinski definition) is 2. The van der Waals surface area contributed by atoms with E-state index in [-0.39, 0.29) is 23.2 Å². The first-order chi connectivity index (χ1) is 15.0. The first-order valence-corrected chi connectivity index (χ1v) is 13.7. The number of ether oxygens (including phenoxy) is 1. The quantitative estimate of drug-likeness (QED) is 0.558. The van der Waals surface area contributed by atoms with E-state index in [4.69, 9.17) is 4.74 Å². The summed E-state index contributed by atoms with van der Waals surface area (Å²) in [6, 6.07) is 0. The molecular weight excluding hydrogens is 400 g/mol. The maximum Gasteiger partial charge on any atom is 0.165 e. The Morgan fingerprint density at radius 2 is 1.69 bits per heavy atom. The predicted octanol–water partition coefficient (Wildman–Crippen LogP) is 4.89. The van der Waals surface area contributed by atoms with E-state index in [1.807, 2.05) is 0 Å². The van der Waals surface area contributed by atoms with Crippen LogP contribution < -0.4 is 0 Å². The first-order valence-electron chi connectivity index (χ1n) is 13.7. The number of Topliss-reactive ketones (excluding diaryl/α,β-unsaturated/α-hetero) is 1. The van der Waals surface area contributed by atoms with E-state index in [1.165, 1.54) is 32.1 Å². The molecule has 1 aliphatic heterocycles. The standard InChI is InChI=1S/C28H44O4/c1-16-5-11-27(12-6-16)17(2)24-22(32-27)14-21-19-13-23(30)28(31)15-18(29)7-10-26(28,4)20(19)8-9-25(21,24)3/h16-22,24,29,31H,5-15H2,1-4H3/t16?,17-,18?,19?,20?,21?,22?,24?,25?,26?,27?,28-/m0/s1. The van der Waals surface area contributed by atoms with E-state index < -0.39 is 17.1 Å². The summed E-state index contributed by atoms with van der Waals surface area (Å²) < 4.78 is 7.04. The van der Waals surface area contributed by atoms with Crippen molar-refractivity contribution in [3.05, 3.63) is 0 Å². The fourth-order valence-corrected chi connectivity index (χ4v) is 10.6. The second-order valence-electron chi connectivity index (χ2n) is 13.7. The van der Waals surface area contributed by atoms with Crippen molar-refractivity contribution in [2.75, 3.05) is 0 Å². The minimum atomic E-state index is -1.33. The van der Waals surface area contributed by atoms with Gasteiger partial charge in [0.2, 0.25) is 0 Å². The van der Waals surface area contributed by atoms with Crippen LogP contribution in [0.1, 0.15) is 98.3 Å². The van der Waals surface area contributed by atoms with Crippen LogP contribution in [0.3, 0.4) is 0 Å². The van der Waals surface area contributed by atoms with Gasteiger partial charge in [-0.05, 0) is 98.7 Å². The van der Waals surface area contributed by atoms with Gasteiger partial charge in [0.05, 0.1) is 17.8 Å². The summed E-state index contributed by atoms with van der Waals surface area (Å²) in [6.45, 7) is 9.57. The molecule has 8 unspecified atom stereocenters. The third-order valence-corrected chi connectivity index (χ3v) is 12.6. The Kier molecular flexibility index (Phi) is 4.70. The highest BCUT2D eigenvalue weighted by atomic mass is 16.5. The van der Waals surface area contributed by atoms with Gasteiger partial charge < -0.3 is 14.9 Å². The van der Waals surface area contributed by atoms with Gasteiger partial charge in [0.15, 0.2) is 5.78 Å². The van der Waals surface area contributed by atoms with Crippen LogP contribution in [-0.4, -0.2) is 39.4 Å². The van der Waals surface area contributed by atoms with E-state index >= 15 is 0 Å². The van der Waals surface area contributed by atoms with Gasteiger partial charge in [0.1, 0.15) is 5.60 Å². The van der Waals surface area contributed by atoms with E-state index in [9.17, 15) is 15.0 Å². The molecule has 0 aromatic carbocycles. The molecule has 6 rings (SSSR count). The predicted molar refractivity (Wildman–Crippen MR) is 123 cm³/mol. The van der Waals surface area contributed by atoms with Gasteiger partial charge in [-0.1, -0.05) is 27.7 Å². The molecule has 4 heteroatoms. The second kappa shape index (κ2) is 6.82. The summed E-state index contributed by atoms with van der Waals surface area (Å²) in [5.74, 6) is 3.32. The number of aliphatic hydroxyl groups is 2. The van der Waals surface area contributed by atoms with Crippen LogP contribution in [0.5, 0.6) is 0 Å². The molecule has 0 amide bonds. The Morgan fingerprint density at radius 3 is 2.41 bits per heavy atom. The number of aliphatic hydroxyl groups excluding tert-OH is 1. The van der Waals surface area contributed by atoms with E-state index in [1.54, 1.807) is 0 Å². The molecule has 0 radical (unpaired) electrons. The average Bonchev–Trinajstić information content (AvgIpc) is 3.18. The molecule has 0 bridgehead atoms. The van der Waals surface area contributed by atoms with Crippen LogP contribution in [0.25, 0.3) is 0 Å². The van der Waals surface area contributed by atoms with Crippen LogP contribution in [0.2, 0.25) is 0 Å². The van der Waals surface area contributed by atoms with Crippen molar-refractivity contribution >= 4 is 5.78 Å². The maximum atomic E-state index is 13.4. The summed E-state index contributed by atoms with van der Waals surface area (Å²) in [5, 5.41) is 21.9. The topological polar surface area (TPSA) is 66.8 Å². The van der Waals surface area contributed by atoms with E-state index in [0.717, 1.165) is 25.2 Å². The summed E-state index contributed by atoms with van der Waals surface area (Å²) in [5.41, 5.74) is -1.38.